The molecule has 0 saturated carbocycles. The lowest BCUT2D eigenvalue weighted by Crippen LogP contribution is -2.10. The molecule has 0 fully saturated rings. The van der Waals surface area contributed by atoms with E-state index in [0.717, 1.165) is 22.6 Å². The number of nitrogens with zero attached hydrogens (tertiary/aromatic N) is 1. The summed E-state index contributed by atoms with van der Waals surface area (Å²) in [6.45, 7) is 3.63. The predicted octanol–water partition coefficient (Wildman–Crippen LogP) is 4.42. The number of rotatable bonds is 4. The topological polar surface area (TPSA) is 55.2 Å². The molecule has 1 unspecified atom stereocenters. The van der Waals surface area contributed by atoms with Gasteiger partial charge in [0.15, 0.2) is 17.3 Å². The highest BCUT2D eigenvalue weighted by Crippen LogP contribution is 2.34. The highest BCUT2D eigenvalue weighted by Gasteiger charge is 2.23. The monoisotopic (exact) mass is 298 g/mol. The Balaban J connectivity index is 2.40. The fourth-order valence-electron chi connectivity index (χ4n) is 1.94. The van der Waals surface area contributed by atoms with Crippen LogP contribution in [0.25, 0.3) is 0 Å². The first kappa shape index (κ1) is 14.4. The summed E-state index contributed by atoms with van der Waals surface area (Å²) in [5.41, 5.74) is 0.0923. The molecular formula is C13H12F2N2O2S. The second-order valence-corrected chi connectivity index (χ2v) is 5.29. The Morgan fingerprint density at radius 1 is 1.35 bits per heavy atom. The zero-order chi connectivity index (χ0) is 14.9. The van der Waals surface area contributed by atoms with Gasteiger partial charge in [0.2, 0.25) is 0 Å². The molecule has 0 aliphatic heterocycles. The Morgan fingerprint density at radius 3 is 2.60 bits per heavy atom. The highest BCUT2D eigenvalue weighted by molar-refractivity contribution is 7.10. The zero-order valence-electron chi connectivity index (χ0n) is 10.8. The summed E-state index contributed by atoms with van der Waals surface area (Å²) in [5.74, 6) is -2.35. The van der Waals surface area contributed by atoms with Crippen molar-refractivity contribution in [3.8, 4) is 0 Å². The number of nitrogens with one attached hydrogen (secondary N) is 1. The molecule has 0 aliphatic carbocycles. The van der Waals surface area contributed by atoms with Gasteiger partial charge in [0, 0.05) is 10.9 Å². The first-order valence-electron chi connectivity index (χ1n) is 5.84. The fraction of sp³-hybridized carbons (Fsp3) is 0.231. The summed E-state index contributed by atoms with van der Waals surface area (Å²) < 4.78 is 27.0. The minimum Gasteiger partial charge on any atom is -0.370 e. The number of halogens is 2. The third-order valence-electron chi connectivity index (χ3n) is 2.93. The predicted molar refractivity (Wildman–Crippen MR) is 74.1 cm³/mol. The van der Waals surface area contributed by atoms with E-state index in [2.05, 4.69) is 5.32 Å². The van der Waals surface area contributed by atoms with Gasteiger partial charge in [0.25, 0.3) is 5.69 Å². The highest BCUT2D eigenvalue weighted by atomic mass is 32.1. The summed E-state index contributed by atoms with van der Waals surface area (Å²) in [5, 5.41) is 15.5. The molecule has 0 amide bonds. The summed E-state index contributed by atoms with van der Waals surface area (Å²) in [6, 6.07) is 3.24. The molecule has 1 heterocycles. The van der Waals surface area contributed by atoms with Crippen molar-refractivity contribution < 1.29 is 13.7 Å². The number of aryl methyl sites for hydroxylation is 1. The van der Waals surface area contributed by atoms with Crippen LogP contribution in [0.2, 0.25) is 0 Å². The van der Waals surface area contributed by atoms with Crippen LogP contribution in [0.3, 0.4) is 0 Å². The number of hydrogen-bond acceptors (Lipinski definition) is 4. The van der Waals surface area contributed by atoms with Crippen molar-refractivity contribution in [2.75, 3.05) is 5.32 Å². The SMILES string of the molecule is Cc1ccsc1C(C)Nc1c([N+](=O)[O-])ccc(F)c1F. The maximum atomic E-state index is 13.8. The zero-order valence-corrected chi connectivity index (χ0v) is 11.6. The van der Waals surface area contributed by atoms with Gasteiger partial charge in [-0.1, -0.05) is 0 Å². The Hall–Kier alpha value is -2.02. The molecule has 4 nitrogen and oxygen atoms in total. The molecule has 106 valence electrons. The van der Waals surface area contributed by atoms with Crippen molar-refractivity contribution in [1.82, 2.24) is 0 Å². The minimum absolute atomic E-state index is 0.356. The molecule has 2 aromatic rings. The van der Waals surface area contributed by atoms with Gasteiger partial charge in [-0.3, -0.25) is 10.1 Å². The number of anilines is 1. The molecule has 7 heteroatoms. The Bertz CT molecular complexity index is 658. The van der Waals surface area contributed by atoms with Crippen LogP contribution < -0.4 is 5.32 Å². The van der Waals surface area contributed by atoms with Crippen molar-refractivity contribution >= 4 is 22.7 Å². The van der Waals surface area contributed by atoms with Crippen LogP contribution in [-0.2, 0) is 0 Å². The Kier molecular flexibility index (Phi) is 3.99. The molecule has 1 aromatic heterocycles. The molecule has 1 aromatic carbocycles. The maximum Gasteiger partial charge on any atom is 0.295 e. The van der Waals surface area contributed by atoms with E-state index < -0.39 is 27.9 Å². The average Bonchev–Trinajstić information content (AvgIpc) is 2.81. The van der Waals surface area contributed by atoms with Crippen LogP contribution in [0.1, 0.15) is 23.4 Å². The van der Waals surface area contributed by atoms with Crippen molar-refractivity contribution in [3.05, 3.63) is 55.8 Å². The van der Waals surface area contributed by atoms with Gasteiger partial charge in [0.1, 0.15) is 0 Å². The van der Waals surface area contributed by atoms with Gasteiger partial charge in [-0.25, -0.2) is 8.78 Å². The lowest BCUT2D eigenvalue weighted by atomic mass is 10.1. The van der Waals surface area contributed by atoms with Gasteiger partial charge < -0.3 is 5.32 Å². The third kappa shape index (κ3) is 2.62. The number of nitro benzene ring substituents is 1. The van der Waals surface area contributed by atoms with Gasteiger partial charge >= 0.3 is 0 Å². The first-order valence-corrected chi connectivity index (χ1v) is 6.72. The molecule has 0 spiro atoms. The van der Waals surface area contributed by atoms with E-state index in [0.29, 0.717) is 0 Å². The lowest BCUT2D eigenvalue weighted by molar-refractivity contribution is -0.384. The molecule has 1 atom stereocenters. The third-order valence-corrected chi connectivity index (χ3v) is 4.13. The van der Waals surface area contributed by atoms with Gasteiger partial charge in [-0.15, -0.1) is 11.3 Å². The summed E-state index contributed by atoms with van der Waals surface area (Å²) in [7, 11) is 0. The molecule has 20 heavy (non-hydrogen) atoms. The number of thiophene rings is 1. The molecular weight excluding hydrogens is 286 g/mol. The van der Waals surface area contributed by atoms with E-state index >= 15 is 0 Å². The second-order valence-electron chi connectivity index (χ2n) is 4.35. The summed E-state index contributed by atoms with van der Waals surface area (Å²) in [4.78, 5) is 11.1. The van der Waals surface area contributed by atoms with Crippen molar-refractivity contribution in [2.45, 2.75) is 19.9 Å². The molecule has 0 saturated heterocycles. The number of nitro groups is 1. The largest absolute Gasteiger partial charge is 0.370 e. The van der Waals surface area contributed by atoms with Crippen molar-refractivity contribution in [3.63, 3.8) is 0 Å². The van der Waals surface area contributed by atoms with E-state index in [4.69, 9.17) is 0 Å². The minimum atomic E-state index is -1.24. The standard InChI is InChI=1S/C13H12F2N2O2S/c1-7-5-6-20-13(7)8(2)16-12-10(17(18)19)4-3-9(14)11(12)15/h3-6,8,16H,1-2H3. The van der Waals surface area contributed by atoms with Crippen molar-refractivity contribution in [1.29, 1.82) is 0 Å². The summed E-state index contributed by atoms with van der Waals surface area (Å²) >= 11 is 1.45. The summed E-state index contributed by atoms with van der Waals surface area (Å²) in [6.07, 6.45) is 0. The Labute approximate surface area is 118 Å². The lowest BCUT2D eigenvalue weighted by Gasteiger charge is -2.15. The first-order chi connectivity index (χ1) is 9.41. The quantitative estimate of drug-likeness (QED) is 0.671. The Morgan fingerprint density at radius 2 is 2.05 bits per heavy atom. The van der Waals surface area contributed by atoms with Gasteiger partial charge in [-0.2, -0.15) is 0 Å². The van der Waals surface area contributed by atoms with Gasteiger partial charge in [0.05, 0.1) is 11.0 Å². The van der Waals surface area contributed by atoms with E-state index in [1.54, 1.807) is 6.92 Å². The fourth-order valence-corrected chi connectivity index (χ4v) is 2.88. The molecule has 0 radical (unpaired) electrons. The smallest absolute Gasteiger partial charge is 0.295 e. The normalized spacial score (nSPS) is 12.2. The molecule has 1 N–H and O–H groups in total. The van der Waals surface area contributed by atoms with Crippen LogP contribution >= 0.6 is 11.3 Å². The van der Waals surface area contributed by atoms with Crippen LogP contribution in [0.4, 0.5) is 20.2 Å². The molecule has 0 aliphatic rings. The van der Waals surface area contributed by atoms with E-state index in [1.165, 1.54) is 11.3 Å². The second kappa shape index (κ2) is 5.54. The van der Waals surface area contributed by atoms with Crippen LogP contribution in [-0.4, -0.2) is 4.92 Å². The average molecular weight is 298 g/mol. The molecule has 0 bridgehead atoms. The van der Waals surface area contributed by atoms with E-state index in [1.807, 2.05) is 18.4 Å². The van der Waals surface area contributed by atoms with E-state index in [9.17, 15) is 18.9 Å². The van der Waals surface area contributed by atoms with E-state index in [-0.39, 0.29) is 6.04 Å². The van der Waals surface area contributed by atoms with Crippen molar-refractivity contribution in [2.24, 2.45) is 0 Å². The number of benzene rings is 1. The number of hydrogen-bond donors (Lipinski definition) is 1. The maximum absolute atomic E-state index is 13.8. The van der Waals surface area contributed by atoms with Crippen LogP contribution in [0.15, 0.2) is 23.6 Å². The van der Waals surface area contributed by atoms with Crippen LogP contribution in [0, 0.1) is 28.7 Å². The van der Waals surface area contributed by atoms with Crippen LogP contribution in [0.5, 0.6) is 0 Å². The molecule has 2 rings (SSSR count). The van der Waals surface area contributed by atoms with Gasteiger partial charge in [-0.05, 0) is 36.9 Å².